The smallest absolute Gasteiger partial charge is 0.349 e. The van der Waals surface area contributed by atoms with Gasteiger partial charge in [0.15, 0.2) is 6.61 Å². The first-order valence-electron chi connectivity index (χ1n) is 8.24. The molecule has 0 aliphatic carbocycles. The number of hydrogen-bond acceptors (Lipinski definition) is 5. The highest BCUT2D eigenvalue weighted by molar-refractivity contribution is 5.98. The number of hydrogen-bond donors (Lipinski definition) is 0. The van der Waals surface area contributed by atoms with E-state index in [-0.39, 0.29) is 18.1 Å². The zero-order valence-electron chi connectivity index (χ0n) is 14.5. The maximum atomic E-state index is 12.1. The van der Waals surface area contributed by atoms with E-state index in [1.54, 1.807) is 36.3 Å². The Morgan fingerprint density at radius 3 is 2.48 bits per heavy atom. The lowest BCUT2D eigenvalue weighted by molar-refractivity contribution is -0.149. The summed E-state index contributed by atoms with van der Waals surface area (Å²) in [6.45, 7) is 3.19. The van der Waals surface area contributed by atoms with Crippen molar-refractivity contribution in [3.63, 3.8) is 0 Å². The number of ether oxygens (including phenoxy) is 2. The number of nitrogens with zero attached hydrogens (tertiary/aromatic N) is 2. The largest absolute Gasteiger partial charge is 0.497 e. The Balaban J connectivity index is 1.92. The fourth-order valence-electron chi connectivity index (χ4n) is 2.56. The van der Waals surface area contributed by atoms with Gasteiger partial charge in [-0.15, -0.1) is 0 Å². The number of methoxy groups -OCH3 is 1. The van der Waals surface area contributed by atoms with E-state index < -0.39 is 5.97 Å². The zero-order chi connectivity index (χ0) is 18.2. The van der Waals surface area contributed by atoms with Crippen molar-refractivity contribution in [1.82, 2.24) is 4.90 Å². The van der Waals surface area contributed by atoms with E-state index in [0.717, 1.165) is 12.8 Å². The standard InChI is InChI=1S/C19H22N2O4/c1-14-7-9-21(10-8-14)18(22)13-25-19(23)16(12-20)11-15-3-5-17(24-2)6-4-15/h3-6,11,14H,7-10,13H2,1-2H3/b16-11+. The van der Waals surface area contributed by atoms with Crippen molar-refractivity contribution in [3.8, 4) is 11.8 Å². The predicted molar refractivity (Wildman–Crippen MR) is 92.5 cm³/mol. The molecule has 25 heavy (non-hydrogen) atoms. The first-order valence-corrected chi connectivity index (χ1v) is 8.24. The van der Waals surface area contributed by atoms with Crippen LogP contribution in [0.2, 0.25) is 0 Å². The average molecular weight is 342 g/mol. The van der Waals surface area contributed by atoms with Crippen molar-refractivity contribution >= 4 is 18.0 Å². The molecule has 0 bridgehead atoms. The normalized spacial score (nSPS) is 15.4. The minimum Gasteiger partial charge on any atom is -0.497 e. The second-order valence-electron chi connectivity index (χ2n) is 6.08. The van der Waals surface area contributed by atoms with Crippen molar-refractivity contribution in [2.75, 3.05) is 26.8 Å². The molecule has 6 nitrogen and oxygen atoms in total. The summed E-state index contributed by atoms with van der Waals surface area (Å²) in [5.74, 6) is 0.280. The van der Waals surface area contributed by atoms with Gasteiger partial charge in [-0.05, 0) is 42.5 Å². The number of benzene rings is 1. The number of carbonyl (C=O) groups is 2. The molecule has 1 aliphatic rings. The molecule has 1 aliphatic heterocycles. The number of amides is 1. The van der Waals surface area contributed by atoms with Crippen LogP contribution in [0.4, 0.5) is 0 Å². The summed E-state index contributed by atoms with van der Waals surface area (Å²) >= 11 is 0. The minimum atomic E-state index is -0.794. The molecule has 0 atom stereocenters. The van der Waals surface area contributed by atoms with Crippen molar-refractivity contribution < 1.29 is 19.1 Å². The quantitative estimate of drug-likeness (QED) is 0.466. The first-order chi connectivity index (χ1) is 12.0. The van der Waals surface area contributed by atoms with Gasteiger partial charge in [-0.1, -0.05) is 19.1 Å². The highest BCUT2D eigenvalue weighted by Crippen LogP contribution is 2.17. The summed E-state index contributed by atoms with van der Waals surface area (Å²) in [5, 5.41) is 9.16. The second kappa shape index (κ2) is 8.88. The Morgan fingerprint density at radius 2 is 1.92 bits per heavy atom. The number of likely N-dealkylation sites (tertiary alicyclic amines) is 1. The van der Waals surface area contributed by atoms with Gasteiger partial charge in [0.1, 0.15) is 17.4 Å². The number of carbonyl (C=O) groups excluding carboxylic acids is 2. The van der Waals surface area contributed by atoms with Crippen LogP contribution in [0.5, 0.6) is 5.75 Å². The first kappa shape index (κ1) is 18.5. The zero-order valence-corrected chi connectivity index (χ0v) is 14.5. The molecule has 132 valence electrons. The topological polar surface area (TPSA) is 79.6 Å². The van der Waals surface area contributed by atoms with Crippen LogP contribution >= 0.6 is 0 Å². The molecule has 1 saturated heterocycles. The molecule has 1 aromatic rings. The summed E-state index contributed by atoms with van der Waals surface area (Å²) < 4.78 is 10.1. The maximum Gasteiger partial charge on any atom is 0.349 e. The summed E-state index contributed by atoms with van der Waals surface area (Å²) in [4.78, 5) is 25.8. The molecule has 0 N–H and O–H groups in total. The van der Waals surface area contributed by atoms with Crippen LogP contribution in [0.15, 0.2) is 29.8 Å². The Labute approximate surface area is 147 Å². The average Bonchev–Trinajstić information content (AvgIpc) is 2.65. The Hall–Kier alpha value is -2.81. The van der Waals surface area contributed by atoms with E-state index in [1.165, 1.54) is 6.08 Å². The molecular weight excluding hydrogens is 320 g/mol. The molecule has 0 unspecified atom stereocenters. The molecule has 1 heterocycles. The lowest BCUT2D eigenvalue weighted by atomic mass is 9.99. The summed E-state index contributed by atoms with van der Waals surface area (Å²) in [6.07, 6.45) is 3.34. The summed E-state index contributed by atoms with van der Waals surface area (Å²) in [5.41, 5.74) is 0.524. The molecule has 1 amide bonds. The van der Waals surface area contributed by atoms with Crippen LogP contribution in [0.3, 0.4) is 0 Å². The monoisotopic (exact) mass is 342 g/mol. The fourth-order valence-corrected chi connectivity index (χ4v) is 2.56. The van der Waals surface area contributed by atoms with Crippen molar-refractivity contribution in [3.05, 3.63) is 35.4 Å². The SMILES string of the molecule is COc1ccc(/C=C(\C#N)C(=O)OCC(=O)N2CCC(C)CC2)cc1. The van der Waals surface area contributed by atoms with Gasteiger partial charge in [-0.2, -0.15) is 5.26 Å². The molecule has 2 rings (SSSR count). The highest BCUT2D eigenvalue weighted by Gasteiger charge is 2.22. The van der Waals surface area contributed by atoms with Gasteiger partial charge in [0.2, 0.25) is 0 Å². The van der Waals surface area contributed by atoms with Crippen LogP contribution in [-0.2, 0) is 14.3 Å². The lowest BCUT2D eigenvalue weighted by Gasteiger charge is -2.30. The summed E-state index contributed by atoms with van der Waals surface area (Å²) in [6, 6.07) is 8.73. The van der Waals surface area contributed by atoms with E-state index in [4.69, 9.17) is 14.7 Å². The highest BCUT2D eigenvalue weighted by atomic mass is 16.5. The van der Waals surface area contributed by atoms with Gasteiger partial charge < -0.3 is 14.4 Å². The second-order valence-corrected chi connectivity index (χ2v) is 6.08. The van der Waals surface area contributed by atoms with Crippen molar-refractivity contribution in [2.45, 2.75) is 19.8 Å². The predicted octanol–water partition coefficient (Wildman–Crippen LogP) is 2.40. The van der Waals surface area contributed by atoms with Gasteiger partial charge in [0, 0.05) is 13.1 Å². The number of piperidine rings is 1. The van der Waals surface area contributed by atoms with Crippen LogP contribution < -0.4 is 4.74 Å². The summed E-state index contributed by atoms with van der Waals surface area (Å²) in [7, 11) is 1.56. The lowest BCUT2D eigenvalue weighted by Crippen LogP contribution is -2.40. The van der Waals surface area contributed by atoms with Crippen molar-refractivity contribution in [1.29, 1.82) is 5.26 Å². The van der Waals surface area contributed by atoms with E-state index in [2.05, 4.69) is 6.92 Å². The van der Waals surface area contributed by atoms with Crippen LogP contribution in [0.1, 0.15) is 25.3 Å². The van der Waals surface area contributed by atoms with Crippen LogP contribution in [0.25, 0.3) is 6.08 Å². The molecule has 1 aromatic carbocycles. The minimum absolute atomic E-state index is 0.148. The Kier molecular flexibility index (Phi) is 6.58. The fraction of sp³-hybridized carbons (Fsp3) is 0.421. The molecule has 0 saturated carbocycles. The van der Waals surface area contributed by atoms with Gasteiger partial charge in [-0.3, -0.25) is 4.79 Å². The van der Waals surface area contributed by atoms with E-state index in [1.807, 2.05) is 6.07 Å². The van der Waals surface area contributed by atoms with Gasteiger partial charge in [-0.25, -0.2) is 4.79 Å². The molecular formula is C19H22N2O4. The van der Waals surface area contributed by atoms with Gasteiger partial charge in [0.25, 0.3) is 5.91 Å². The number of rotatable bonds is 5. The van der Waals surface area contributed by atoms with Gasteiger partial charge in [0.05, 0.1) is 7.11 Å². The van der Waals surface area contributed by atoms with Gasteiger partial charge >= 0.3 is 5.97 Å². The Bertz CT molecular complexity index is 680. The third-order valence-corrected chi connectivity index (χ3v) is 4.23. The molecule has 6 heteroatoms. The molecule has 1 fully saturated rings. The third kappa shape index (κ3) is 5.35. The van der Waals surface area contributed by atoms with E-state index in [0.29, 0.717) is 30.3 Å². The Morgan fingerprint density at radius 1 is 1.28 bits per heavy atom. The number of nitriles is 1. The molecule has 0 spiro atoms. The molecule has 0 radical (unpaired) electrons. The maximum absolute atomic E-state index is 12.1. The van der Waals surface area contributed by atoms with Crippen LogP contribution in [0, 0.1) is 17.2 Å². The van der Waals surface area contributed by atoms with E-state index in [9.17, 15) is 9.59 Å². The third-order valence-electron chi connectivity index (χ3n) is 4.23. The number of esters is 1. The van der Waals surface area contributed by atoms with Crippen LogP contribution in [-0.4, -0.2) is 43.6 Å². The van der Waals surface area contributed by atoms with E-state index >= 15 is 0 Å². The molecule has 0 aromatic heterocycles. The van der Waals surface area contributed by atoms with Crippen molar-refractivity contribution in [2.24, 2.45) is 5.92 Å².